The highest BCUT2D eigenvalue weighted by Gasteiger charge is 2.25. The van der Waals surface area contributed by atoms with E-state index in [2.05, 4.69) is 20.1 Å². The minimum absolute atomic E-state index is 0.409. The van der Waals surface area contributed by atoms with Gasteiger partial charge in [0.15, 0.2) is 5.82 Å². The number of hydrogen-bond donors (Lipinski definition) is 0. The summed E-state index contributed by atoms with van der Waals surface area (Å²) in [5, 5.41) is 9.89. The van der Waals surface area contributed by atoms with Gasteiger partial charge in [-0.1, -0.05) is 29.8 Å². The Morgan fingerprint density at radius 2 is 1.70 bits per heavy atom. The molecule has 0 atom stereocenters. The van der Waals surface area contributed by atoms with Crippen LogP contribution in [0.4, 0.5) is 5.82 Å². The lowest BCUT2D eigenvalue weighted by Gasteiger charge is -2.33. The molecule has 1 aliphatic rings. The van der Waals surface area contributed by atoms with Gasteiger partial charge in [-0.3, -0.25) is 4.98 Å². The van der Waals surface area contributed by atoms with Gasteiger partial charge in [0.2, 0.25) is 10.0 Å². The molecule has 3 aromatic rings. The average Bonchev–Trinajstić information content (AvgIpc) is 2.80. The van der Waals surface area contributed by atoms with E-state index in [4.69, 9.17) is 0 Å². The lowest BCUT2D eigenvalue weighted by molar-refractivity contribution is 0.388. The monoisotopic (exact) mass is 421 g/mol. The quantitative estimate of drug-likeness (QED) is 0.630. The molecule has 154 valence electrons. The summed E-state index contributed by atoms with van der Waals surface area (Å²) in [6.07, 6.45) is 5.11. The predicted octanol–water partition coefficient (Wildman–Crippen LogP) is 2.97. The molecule has 0 spiro atoms. The predicted molar refractivity (Wildman–Crippen MR) is 118 cm³/mol. The normalized spacial score (nSPS) is 15.6. The van der Waals surface area contributed by atoms with Crippen LogP contribution < -0.4 is 4.90 Å². The number of sulfonamides is 1. The summed E-state index contributed by atoms with van der Waals surface area (Å²) in [7, 11) is -3.46. The first-order valence-corrected chi connectivity index (χ1v) is 11.3. The zero-order valence-electron chi connectivity index (χ0n) is 16.7. The van der Waals surface area contributed by atoms with Crippen molar-refractivity contribution in [2.75, 3.05) is 31.1 Å². The molecule has 8 heteroatoms. The third kappa shape index (κ3) is 4.72. The molecule has 0 bridgehead atoms. The summed E-state index contributed by atoms with van der Waals surface area (Å²) in [5.41, 5.74) is 3.68. The van der Waals surface area contributed by atoms with Gasteiger partial charge in [-0.05, 0) is 42.8 Å². The molecule has 1 aromatic carbocycles. The maximum absolute atomic E-state index is 12.7. The molecule has 0 saturated carbocycles. The van der Waals surface area contributed by atoms with Crippen LogP contribution in [0.3, 0.4) is 0 Å². The number of piperazine rings is 1. The van der Waals surface area contributed by atoms with Gasteiger partial charge >= 0.3 is 0 Å². The molecular formula is C22H23N5O2S. The van der Waals surface area contributed by atoms with Gasteiger partial charge in [-0.25, -0.2) is 8.42 Å². The van der Waals surface area contributed by atoms with Gasteiger partial charge in [0, 0.05) is 49.5 Å². The molecule has 7 nitrogen and oxygen atoms in total. The molecule has 1 saturated heterocycles. The van der Waals surface area contributed by atoms with Crippen molar-refractivity contribution >= 4 is 21.9 Å². The number of anilines is 1. The number of hydrogen-bond acceptors (Lipinski definition) is 6. The molecule has 2 aromatic heterocycles. The van der Waals surface area contributed by atoms with E-state index in [1.54, 1.807) is 18.5 Å². The second-order valence-corrected chi connectivity index (χ2v) is 8.98. The van der Waals surface area contributed by atoms with Crippen molar-refractivity contribution in [2.45, 2.75) is 6.92 Å². The Labute approximate surface area is 176 Å². The topological polar surface area (TPSA) is 79.3 Å². The first-order chi connectivity index (χ1) is 14.5. The van der Waals surface area contributed by atoms with Crippen molar-refractivity contribution in [3.8, 4) is 11.3 Å². The molecule has 4 rings (SSSR count). The van der Waals surface area contributed by atoms with Crippen molar-refractivity contribution in [1.29, 1.82) is 0 Å². The molecule has 30 heavy (non-hydrogen) atoms. The molecule has 0 amide bonds. The van der Waals surface area contributed by atoms with Crippen LogP contribution in [0.2, 0.25) is 0 Å². The van der Waals surface area contributed by atoms with E-state index < -0.39 is 10.0 Å². The number of rotatable bonds is 5. The van der Waals surface area contributed by atoms with Crippen molar-refractivity contribution in [2.24, 2.45) is 0 Å². The molecule has 0 aliphatic carbocycles. The smallest absolute Gasteiger partial charge is 0.236 e. The summed E-state index contributed by atoms with van der Waals surface area (Å²) < 4.78 is 26.8. The largest absolute Gasteiger partial charge is 0.352 e. The van der Waals surface area contributed by atoms with Crippen LogP contribution in [0.5, 0.6) is 0 Å². The van der Waals surface area contributed by atoms with E-state index in [1.165, 1.54) is 9.71 Å². The SMILES string of the molecule is Cc1ccc(/C=C/S(=O)(=O)N2CCN(c3ccc(-c4cccnc4)nn3)CC2)cc1. The number of aromatic nitrogens is 3. The van der Waals surface area contributed by atoms with Crippen LogP contribution in [0.25, 0.3) is 17.3 Å². The highest BCUT2D eigenvalue weighted by atomic mass is 32.2. The summed E-state index contributed by atoms with van der Waals surface area (Å²) in [6, 6.07) is 15.4. The highest BCUT2D eigenvalue weighted by molar-refractivity contribution is 7.92. The fourth-order valence-corrected chi connectivity index (χ4v) is 4.44. The van der Waals surface area contributed by atoms with Gasteiger partial charge < -0.3 is 4.90 Å². The minimum Gasteiger partial charge on any atom is -0.352 e. The fraction of sp³-hybridized carbons (Fsp3) is 0.227. The number of aryl methyl sites for hydroxylation is 1. The van der Waals surface area contributed by atoms with Crippen LogP contribution in [-0.4, -0.2) is 54.1 Å². The maximum Gasteiger partial charge on any atom is 0.236 e. The fourth-order valence-electron chi connectivity index (χ4n) is 3.26. The van der Waals surface area contributed by atoms with E-state index in [1.807, 2.05) is 55.5 Å². The summed E-state index contributed by atoms with van der Waals surface area (Å²) in [6.45, 7) is 3.96. The number of pyridine rings is 1. The summed E-state index contributed by atoms with van der Waals surface area (Å²) in [4.78, 5) is 6.15. The molecule has 1 fully saturated rings. The van der Waals surface area contributed by atoms with Crippen LogP contribution in [-0.2, 0) is 10.0 Å². The van der Waals surface area contributed by atoms with E-state index in [9.17, 15) is 8.42 Å². The molecule has 3 heterocycles. The zero-order valence-corrected chi connectivity index (χ0v) is 17.5. The van der Waals surface area contributed by atoms with Gasteiger partial charge in [0.25, 0.3) is 0 Å². The lowest BCUT2D eigenvalue weighted by atomic mass is 10.2. The number of benzene rings is 1. The minimum atomic E-state index is -3.46. The Morgan fingerprint density at radius 1 is 0.933 bits per heavy atom. The van der Waals surface area contributed by atoms with E-state index in [0.717, 1.165) is 28.2 Å². The first kappa shape index (κ1) is 20.2. The van der Waals surface area contributed by atoms with Crippen LogP contribution in [0, 0.1) is 6.92 Å². The maximum atomic E-state index is 12.7. The molecule has 0 N–H and O–H groups in total. The van der Waals surface area contributed by atoms with E-state index >= 15 is 0 Å². The van der Waals surface area contributed by atoms with Crippen LogP contribution in [0.1, 0.15) is 11.1 Å². The Bertz CT molecular complexity index is 1110. The number of nitrogens with zero attached hydrogens (tertiary/aromatic N) is 5. The zero-order chi connectivity index (χ0) is 21.0. The summed E-state index contributed by atoms with van der Waals surface area (Å²) >= 11 is 0. The standard InChI is InChI=1S/C22H23N5O2S/c1-18-4-6-19(7-5-18)10-16-30(28,29)27-14-12-26(13-15-27)22-9-8-21(24-25-22)20-3-2-11-23-17-20/h2-11,16-17H,12-15H2,1H3/b16-10+. The van der Waals surface area contributed by atoms with Crippen LogP contribution >= 0.6 is 0 Å². The lowest BCUT2D eigenvalue weighted by Crippen LogP contribution is -2.48. The van der Waals surface area contributed by atoms with Gasteiger partial charge in [0.05, 0.1) is 5.69 Å². The van der Waals surface area contributed by atoms with Crippen molar-refractivity contribution in [1.82, 2.24) is 19.5 Å². The highest BCUT2D eigenvalue weighted by Crippen LogP contribution is 2.19. The Kier molecular flexibility index (Phi) is 5.87. The third-order valence-electron chi connectivity index (χ3n) is 5.04. The molecule has 0 unspecified atom stereocenters. The van der Waals surface area contributed by atoms with Gasteiger partial charge in [-0.2, -0.15) is 4.31 Å². The van der Waals surface area contributed by atoms with Crippen molar-refractivity contribution in [3.63, 3.8) is 0 Å². The second-order valence-electron chi connectivity index (χ2n) is 7.16. The van der Waals surface area contributed by atoms with Gasteiger partial charge in [0.1, 0.15) is 0 Å². The van der Waals surface area contributed by atoms with Crippen LogP contribution in [0.15, 0.2) is 66.3 Å². The van der Waals surface area contributed by atoms with Crippen molar-refractivity contribution in [3.05, 3.63) is 77.5 Å². The Balaban J connectivity index is 1.38. The average molecular weight is 422 g/mol. The first-order valence-electron chi connectivity index (χ1n) is 9.75. The summed E-state index contributed by atoms with van der Waals surface area (Å²) in [5.74, 6) is 0.745. The molecule has 1 aliphatic heterocycles. The Hall–Kier alpha value is -3.10. The third-order valence-corrected chi connectivity index (χ3v) is 6.61. The Morgan fingerprint density at radius 3 is 2.33 bits per heavy atom. The van der Waals surface area contributed by atoms with E-state index in [-0.39, 0.29) is 0 Å². The molecule has 0 radical (unpaired) electrons. The van der Waals surface area contributed by atoms with Crippen molar-refractivity contribution < 1.29 is 8.42 Å². The molecular weight excluding hydrogens is 398 g/mol. The second kappa shape index (κ2) is 8.73. The van der Waals surface area contributed by atoms with E-state index in [0.29, 0.717) is 26.2 Å². The van der Waals surface area contributed by atoms with Gasteiger partial charge in [-0.15, -0.1) is 10.2 Å².